The molecule has 0 aliphatic heterocycles. The first-order valence-corrected chi connectivity index (χ1v) is 6.09. The van der Waals surface area contributed by atoms with Crippen molar-refractivity contribution >= 4 is 5.82 Å². The van der Waals surface area contributed by atoms with Gasteiger partial charge in [-0.25, -0.2) is 4.98 Å². The first-order chi connectivity index (χ1) is 8.11. The Morgan fingerprint density at radius 1 is 1.47 bits per heavy atom. The van der Waals surface area contributed by atoms with Gasteiger partial charge in [-0.2, -0.15) is 0 Å². The smallest absolute Gasteiger partial charge is 0.290 e. The van der Waals surface area contributed by atoms with Crippen molar-refractivity contribution in [3.63, 3.8) is 0 Å². The Labute approximate surface area is 102 Å². The highest BCUT2D eigenvalue weighted by Gasteiger charge is 2.02. The van der Waals surface area contributed by atoms with Gasteiger partial charge in [0.05, 0.1) is 0 Å². The molecule has 0 radical (unpaired) electrons. The number of hydrogen-bond acceptors (Lipinski definition) is 4. The predicted octanol–water partition coefficient (Wildman–Crippen LogP) is 1.30. The predicted molar refractivity (Wildman–Crippen MR) is 70.3 cm³/mol. The van der Waals surface area contributed by atoms with Gasteiger partial charge in [-0.3, -0.25) is 4.79 Å². The average molecular weight is 238 g/mol. The van der Waals surface area contributed by atoms with Crippen LogP contribution in [0.15, 0.2) is 17.2 Å². The first kappa shape index (κ1) is 13.7. The van der Waals surface area contributed by atoms with Gasteiger partial charge in [0.2, 0.25) is 0 Å². The fourth-order valence-corrected chi connectivity index (χ4v) is 1.43. The molecule has 1 aromatic rings. The third-order valence-corrected chi connectivity index (χ3v) is 2.82. The Morgan fingerprint density at radius 3 is 2.88 bits per heavy atom. The molecular formula is C12H22N4O. The van der Waals surface area contributed by atoms with Gasteiger partial charge in [0, 0.05) is 25.0 Å². The second-order valence-electron chi connectivity index (χ2n) is 4.48. The molecule has 0 amide bonds. The van der Waals surface area contributed by atoms with Crippen molar-refractivity contribution in [2.75, 3.05) is 25.5 Å². The number of nitrogens with one attached hydrogen (secondary N) is 2. The highest BCUT2D eigenvalue weighted by Crippen LogP contribution is 1.98. The number of hydrogen-bond donors (Lipinski definition) is 2. The lowest BCUT2D eigenvalue weighted by Gasteiger charge is -2.20. The molecule has 17 heavy (non-hydrogen) atoms. The summed E-state index contributed by atoms with van der Waals surface area (Å²) in [4.78, 5) is 20.2. The first-order valence-electron chi connectivity index (χ1n) is 6.09. The van der Waals surface area contributed by atoms with E-state index in [-0.39, 0.29) is 5.56 Å². The Hall–Kier alpha value is -1.36. The number of unbranched alkanes of at least 4 members (excludes halogenated alkanes) is 1. The lowest BCUT2D eigenvalue weighted by Crippen LogP contribution is -2.27. The number of nitrogens with zero attached hydrogens (tertiary/aromatic N) is 2. The van der Waals surface area contributed by atoms with Crippen molar-refractivity contribution in [1.82, 2.24) is 14.9 Å². The third kappa shape index (κ3) is 4.99. The monoisotopic (exact) mass is 238 g/mol. The van der Waals surface area contributed by atoms with Crippen molar-refractivity contribution in [2.45, 2.75) is 32.7 Å². The van der Waals surface area contributed by atoms with Crippen molar-refractivity contribution in [1.29, 1.82) is 0 Å². The van der Waals surface area contributed by atoms with E-state index < -0.39 is 0 Å². The molecule has 0 spiro atoms. The van der Waals surface area contributed by atoms with Crippen molar-refractivity contribution in [3.05, 3.63) is 22.7 Å². The maximum atomic E-state index is 11.3. The molecule has 5 heteroatoms. The standard InChI is InChI=1S/C12H22N4O/c1-10(2)16(3)9-5-4-6-13-11-12(17)15-8-7-14-11/h7-8,10H,4-6,9H2,1-3H3,(H,13,14)(H,15,17). The summed E-state index contributed by atoms with van der Waals surface area (Å²) in [5.41, 5.74) is -0.160. The van der Waals surface area contributed by atoms with E-state index in [0.29, 0.717) is 11.9 Å². The van der Waals surface area contributed by atoms with Crippen molar-refractivity contribution in [3.8, 4) is 0 Å². The number of rotatable bonds is 7. The van der Waals surface area contributed by atoms with E-state index >= 15 is 0 Å². The molecule has 2 N–H and O–H groups in total. The fourth-order valence-electron chi connectivity index (χ4n) is 1.43. The zero-order valence-electron chi connectivity index (χ0n) is 10.9. The molecule has 1 heterocycles. The molecule has 0 aliphatic rings. The van der Waals surface area contributed by atoms with Gasteiger partial charge >= 0.3 is 0 Å². The normalized spacial score (nSPS) is 11.1. The van der Waals surface area contributed by atoms with Gasteiger partial charge in [-0.15, -0.1) is 0 Å². The van der Waals surface area contributed by atoms with Gasteiger partial charge in [-0.05, 0) is 40.3 Å². The summed E-state index contributed by atoms with van der Waals surface area (Å²) >= 11 is 0. The van der Waals surface area contributed by atoms with E-state index in [2.05, 4.69) is 41.1 Å². The zero-order chi connectivity index (χ0) is 12.7. The average Bonchev–Trinajstić information content (AvgIpc) is 2.30. The van der Waals surface area contributed by atoms with E-state index in [1.807, 2.05) is 0 Å². The van der Waals surface area contributed by atoms with Gasteiger partial charge in [0.15, 0.2) is 5.82 Å². The second kappa shape index (κ2) is 7.06. The molecule has 0 bridgehead atoms. The van der Waals surface area contributed by atoms with Crippen molar-refractivity contribution in [2.24, 2.45) is 0 Å². The number of aromatic nitrogens is 2. The summed E-state index contributed by atoms with van der Waals surface area (Å²) in [6.07, 6.45) is 5.26. The highest BCUT2D eigenvalue weighted by molar-refractivity contribution is 5.29. The number of aromatic amines is 1. The van der Waals surface area contributed by atoms with E-state index in [1.54, 1.807) is 6.20 Å². The summed E-state index contributed by atoms with van der Waals surface area (Å²) in [5.74, 6) is 0.407. The van der Waals surface area contributed by atoms with Crippen molar-refractivity contribution < 1.29 is 0 Å². The van der Waals surface area contributed by atoms with Gasteiger partial charge in [-0.1, -0.05) is 0 Å². The summed E-state index contributed by atoms with van der Waals surface area (Å²) in [6, 6.07) is 0.585. The topological polar surface area (TPSA) is 61.0 Å². The van der Waals surface area contributed by atoms with Crippen LogP contribution >= 0.6 is 0 Å². The fraction of sp³-hybridized carbons (Fsp3) is 0.667. The maximum absolute atomic E-state index is 11.3. The van der Waals surface area contributed by atoms with E-state index in [1.165, 1.54) is 6.20 Å². The van der Waals surface area contributed by atoms with Crippen LogP contribution in [-0.2, 0) is 0 Å². The van der Waals surface area contributed by atoms with Crippen LogP contribution in [-0.4, -0.2) is 41.0 Å². The molecule has 0 aliphatic carbocycles. The number of H-pyrrole nitrogens is 1. The quantitative estimate of drug-likeness (QED) is 0.703. The number of anilines is 1. The van der Waals surface area contributed by atoms with E-state index in [4.69, 9.17) is 0 Å². The SMILES string of the molecule is CC(C)N(C)CCCCNc1ncc[nH]c1=O. The van der Waals surface area contributed by atoms with Crippen LogP contribution in [0.2, 0.25) is 0 Å². The minimum Gasteiger partial charge on any atom is -0.365 e. The van der Waals surface area contributed by atoms with Crippen LogP contribution in [0.5, 0.6) is 0 Å². The summed E-state index contributed by atoms with van der Waals surface area (Å²) in [5, 5.41) is 3.04. The van der Waals surface area contributed by atoms with E-state index in [0.717, 1.165) is 25.9 Å². The molecule has 0 atom stereocenters. The van der Waals surface area contributed by atoms with Crippen LogP contribution in [0.3, 0.4) is 0 Å². The van der Waals surface area contributed by atoms with Gasteiger partial charge in [0.25, 0.3) is 5.56 Å². The largest absolute Gasteiger partial charge is 0.365 e. The van der Waals surface area contributed by atoms with Crippen LogP contribution < -0.4 is 10.9 Å². The second-order valence-corrected chi connectivity index (χ2v) is 4.48. The van der Waals surface area contributed by atoms with Crippen LogP contribution in [0.25, 0.3) is 0 Å². The molecule has 5 nitrogen and oxygen atoms in total. The van der Waals surface area contributed by atoms with E-state index in [9.17, 15) is 4.79 Å². The minimum atomic E-state index is -0.160. The van der Waals surface area contributed by atoms with Crippen LogP contribution in [0, 0.1) is 0 Å². The molecule has 0 fully saturated rings. The Morgan fingerprint density at radius 2 is 2.24 bits per heavy atom. The van der Waals surface area contributed by atoms with Crippen LogP contribution in [0.1, 0.15) is 26.7 Å². The molecule has 0 saturated carbocycles. The molecular weight excluding hydrogens is 216 g/mol. The Kier molecular flexibility index (Phi) is 5.69. The molecule has 96 valence electrons. The van der Waals surface area contributed by atoms with Crippen LogP contribution in [0.4, 0.5) is 5.82 Å². The molecule has 0 aromatic carbocycles. The van der Waals surface area contributed by atoms with Gasteiger partial charge < -0.3 is 15.2 Å². The maximum Gasteiger partial charge on any atom is 0.290 e. The third-order valence-electron chi connectivity index (χ3n) is 2.82. The molecule has 1 aromatic heterocycles. The highest BCUT2D eigenvalue weighted by atomic mass is 16.1. The summed E-state index contributed by atoms with van der Waals surface area (Å²) in [6.45, 7) is 6.24. The summed E-state index contributed by atoms with van der Waals surface area (Å²) in [7, 11) is 2.13. The minimum absolute atomic E-state index is 0.160. The Balaban J connectivity index is 2.17. The summed E-state index contributed by atoms with van der Waals surface area (Å²) < 4.78 is 0. The lowest BCUT2D eigenvalue weighted by atomic mass is 10.2. The van der Waals surface area contributed by atoms with Gasteiger partial charge in [0.1, 0.15) is 0 Å². The molecule has 1 rings (SSSR count). The molecule has 0 saturated heterocycles. The lowest BCUT2D eigenvalue weighted by molar-refractivity contribution is 0.269. The zero-order valence-corrected chi connectivity index (χ0v) is 10.9. The molecule has 0 unspecified atom stereocenters. The Bertz CT molecular complexity index is 375.